The third-order valence-corrected chi connectivity index (χ3v) is 5.05. The van der Waals surface area contributed by atoms with E-state index in [1.807, 2.05) is 24.3 Å². The van der Waals surface area contributed by atoms with Crippen molar-refractivity contribution in [3.63, 3.8) is 0 Å². The van der Waals surface area contributed by atoms with Crippen molar-refractivity contribution in [1.29, 1.82) is 0 Å². The van der Waals surface area contributed by atoms with Gasteiger partial charge in [0.15, 0.2) is 12.7 Å². The second-order valence-corrected chi connectivity index (χ2v) is 7.25. The van der Waals surface area contributed by atoms with Gasteiger partial charge in [-0.2, -0.15) is 0 Å². The van der Waals surface area contributed by atoms with Gasteiger partial charge in [-0.3, -0.25) is 14.4 Å². The summed E-state index contributed by atoms with van der Waals surface area (Å²) in [7, 11) is 0. The van der Waals surface area contributed by atoms with E-state index in [1.54, 1.807) is 24.3 Å². The first kappa shape index (κ1) is 19.8. The molecule has 0 unspecified atom stereocenters. The highest BCUT2D eigenvalue weighted by Gasteiger charge is 2.30. The standard InChI is InChI=1S/C22H23N3O5/c26-20(23-15-7-9-16(10-8-15)25-11-3-4-12-25)14-29-21(27)13-19-22(28)24-17-5-1-2-6-18(17)30-19/h1-2,5-10,19H,3-4,11-14H2,(H,23,26)(H,24,28)/t19-/m0/s1. The molecule has 4 rings (SSSR count). The smallest absolute Gasteiger partial charge is 0.310 e. The molecule has 2 aliphatic rings. The highest BCUT2D eigenvalue weighted by Crippen LogP contribution is 2.29. The summed E-state index contributed by atoms with van der Waals surface area (Å²) in [6.45, 7) is 1.67. The Morgan fingerprint density at radius 2 is 1.83 bits per heavy atom. The molecule has 2 aliphatic heterocycles. The number of nitrogens with one attached hydrogen (secondary N) is 2. The number of para-hydroxylation sites is 2. The molecule has 0 saturated carbocycles. The van der Waals surface area contributed by atoms with Gasteiger partial charge in [-0.05, 0) is 49.2 Å². The highest BCUT2D eigenvalue weighted by atomic mass is 16.5. The Balaban J connectivity index is 1.23. The van der Waals surface area contributed by atoms with Crippen molar-refractivity contribution in [3.05, 3.63) is 48.5 Å². The van der Waals surface area contributed by atoms with Crippen molar-refractivity contribution in [3.8, 4) is 5.75 Å². The topological polar surface area (TPSA) is 97.0 Å². The summed E-state index contributed by atoms with van der Waals surface area (Å²) in [4.78, 5) is 38.5. The number of anilines is 3. The fraction of sp³-hybridized carbons (Fsp3) is 0.318. The molecule has 8 nitrogen and oxygen atoms in total. The molecular weight excluding hydrogens is 386 g/mol. The fourth-order valence-electron chi connectivity index (χ4n) is 3.51. The molecule has 0 aliphatic carbocycles. The Morgan fingerprint density at radius 3 is 2.60 bits per heavy atom. The maximum Gasteiger partial charge on any atom is 0.310 e. The van der Waals surface area contributed by atoms with E-state index in [0.717, 1.165) is 18.8 Å². The quantitative estimate of drug-likeness (QED) is 0.712. The molecule has 2 N–H and O–H groups in total. The minimum Gasteiger partial charge on any atom is -0.478 e. The molecule has 2 aromatic carbocycles. The molecule has 1 atom stereocenters. The highest BCUT2D eigenvalue weighted by molar-refractivity contribution is 5.99. The molecule has 0 aromatic heterocycles. The van der Waals surface area contributed by atoms with Crippen LogP contribution >= 0.6 is 0 Å². The number of carbonyl (C=O) groups is 3. The second kappa shape index (κ2) is 8.86. The van der Waals surface area contributed by atoms with Crippen LogP contribution < -0.4 is 20.3 Å². The van der Waals surface area contributed by atoms with Gasteiger partial charge in [0.2, 0.25) is 0 Å². The van der Waals surface area contributed by atoms with E-state index in [9.17, 15) is 14.4 Å². The third kappa shape index (κ3) is 4.71. The molecule has 2 aromatic rings. The number of rotatable bonds is 6. The first-order chi connectivity index (χ1) is 14.6. The number of ether oxygens (including phenoxy) is 2. The molecule has 0 spiro atoms. The number of esters is 1. The fourth-order valence-corrected chi connectivity index (χ4v) is 3.51. The Bertz CT molecular complexity index is 938. The first-order valence-electron chi connectivity index (χ1n) is 9.95. The summed E-state index contributed by atoms with van der Waals surface area (Å²) in [6.07, 6.45) is 1.12. The van der Waals surface area contributed by atoms with Gasteiger partial charge in [-0.1, -0.05) is 12.1 Å². The van der Waals surface area contributed by atoms with Crippen LogP contribution in [0.25, 0.3) is 0 Å². The van der Waals surface area contributed by atoms with Crippen molar-refractivity contribution in [2.24, 2.45) is 0 Å². The molecule has 0 radical (unpaired) electrons. The molecule has 2 heterocycles. The monoisotopic (exact) mass is 409 g/mol. The van der Waals surface area contributed by atoms with Gasteiger partial charge >= 0.3 is 5.97 Å². The van der Waals surface area contributed by atoms with Crippen LogP contribution in [0.2, 0.25) is 0 Å². The Hall–Kier alpha value is -3.55. The van der Waals surface area contributed by atoms with Crippen LogP contribution in [0.1, 0.15) is 19.3 Å². The molecule has 30 heavy (non-hydrogen) atoms. The zero-order valence-electron chi connectivity index (χ0n) is 16.4. The van der Waals surface area contributed by atoms with Crippen LogP contribution in [0.15, 0.2) is 48.5 Å². The number of carbonyl (C=O) groups excluding carboxylic acids is 3. The van der Waals surface area contributed by atoms with Crippen molar-refractivity contribution in [2.45, 2.75) is 25.4 Å². The molecule has 0 bridgehead atoms. The van der Waals surface area contributed by atoms with Gasteiger partial charge < -0.3 is 25.0 Å². The number of hydrogen-bond donors (Lipinski definition) is 2. The van der Waals surface area contributed by atoms with Crippen LogP contribution in [0.4, 0.5) is 17.1 Å². The van der Waals surface area contributed by atoms with E-state index in [4.69, 9.17) is 9.47 Å². The summed E-state index contributed by atoms with van der Waals surface area (Å²) in [6, 6.07) is 14.5. The lowest BCUT2D eigenvalue weighted by molar-refractivity contribution is -0.150. The summed E-state index contributed by atoms with van der Waals surface area (Å²) >= 11 is 0. The van der Waals surface area contributed by atoms with Crippen molar-refractivity contribution >= 4 is 34.8 Å². The van der Waals surface area contributed by atoms with E-state index in [1.165, 1.54) is 12.8 Å². The van der Waals surface area contributed by atoms with E-state index >= 15 is 0 Å². The van der Waals surface area contributed by atoms with Gasteiger partial charge in [0.25, 0.3) is 11.8 Å². The number of hydrogen-bond acceptors (Lipinski definition) is 6. The number of benzene rings is 2. The summed E-state index contributed by atoms with van der Waals surface area (Å²) in [5.41, 5.74) is 2.32. The first-order valence-corrected chi connectivity index (χ1v) is 9.95. The summed E-state index contributed by atoms with van der Waals surface area (Å²) < 4.78 is 10.6. The zero-order chi connectivity index (χ0) is 20.9. The number of fused-ring (bicyclic) bond motifs is 1. The van der Waals surface area contributed by atoms with Gasteiger partial charge in [-0.15, -0.1) is 0 Å². The normalized spacial score (nSPS) is 17.5. The van der Waals surface area contributed by atoms with Crippen LogP contribution in [0.3, 0.4) is 0 Å². The Morgan fingerprint density at radius 1 is 1.10 bits per heavy atom. The van der Waals surface area contributed by atoms with E-state index in [0.29, 0.717) is 17.1 Å². The maximum absolute atomic E-state index is 12.1. The SMILES string of the molecule is O=C(COC(=O)C[C@@H]1Oc2ccccc2NC1=O)Nc1ccc(N2CCCC2)cc1. The minimum absolute atomic E-state index is 0.280. The van der Waals surface area contributed by atoms with E-state index in [2.05, 4.69) is 15.5 Å². The van der Waals surface area contributed by atoms with Crippen molar-refractivity contribution < 1.29 is 23.9 Å². The van der Waals surface area contributed by atoms with Crippen LogP contribution in [-0.2, 0) is 19.1 Å². The third-order valence-electron chi connectivity index (χ3n) is 5.05. The van der Waals surface area contributed by atoms with E-state index in [-0.39, 0.29) is 6.42 Å². The average molecular weight is 409 g/mol. The lowest BCUT2D eigenvalue weighted by Gasteiger charge is -2.25. The molecule has 8 heteroatoms. The van der Waals surface area contributed by atoms with Gasteiger partial charge in [0.1, 0.15) is 5.75 Å². The predicted octanol–water partition coefficient (Wildman–Crippen LogP) is 2.56. The van der Waals surface area contributed by atoms with Crippen molar-refractivity contribution in [2.75, 3.05) is 35.2 Å². The zero-order valence-corrected chi connectivity index (χ0v) is 16.4. The molecule has 156 valence electrons. The Labute approximate surface area is 174 Å². The van der Waals surface area contributed by atoms with Crippen molar-refractivity contribution in [1.82, 2.24) is 0 Å². The van der Waals surface area contributed by atoms with Gasteiger partial charge in [0.05, 0.1) is 12.1 Å². The summed E-state index contributed by atoms with van der Waals surface area (Å²) in [5, 5.41) is 5.38. The van der Waals surface area contributed by atoms with Crippen LogP contribution in [-0.4, -0.2) is 43.6 Å². The second-order valence-electron chi connectivity index (χ2n) is 7.25. The molecular formula is C22H23N3O5. The number of nitrogens with zero attached hydrogens (tertiary/aromatic N) is 1. The van der Waals surface area contributed by atoms with Gasteiger partial charge in [-0.25, -0.2) is 0 Å². The lowest BCUT2D eigenvalue weighted by Crippen LogP contribution is -2.39. The summed E-state index contributed by atoms with van der Waals surface area (Å²) in [5.74, 6) is -1.07. The predicted molar refractivity (Wildman–Crippen MR) is 112 cm³/mol. The average Bonchev–Trinajstić information content (AvgIpc) is 3.28. The maximum atomic E-state index is 12.1. The van der Waals surface area contributed by atoms with Crippen LogP contribution in [0, 0.1) is 0 Å². The van der Waals surface area contributed by atoms with E-state index < -0.39 is 30.5 Å². The Kier molecular flexibility index (Phi) is 5.83. The molecule has 1 saturated heterocycles. The number of amides is 2. The van der Waals surface area contributed by atoms with Crippen LogP contribution in [0.5, 0.6) is 5.75 Å². The lowest BCUT2D eigenvalue weighted by atomic mass is 10.1. The molecule has 1 fully saturated rings. The largest absolute Gasteiger partial charge is 0.478 e. The minimum atomic E-state index is -0.992. The molecule has 2 amide bonds. The van der Waals surface area contributed by atoms with Gasteiger partial charge in [0, 0.05) is 24.5 Å².